The van der Waals surface area contributed by atoms with E-state index in [4.69, 9.17) is 32.8 Å². The molecule has 1 aliphatic rings. The van der Waals surface area contributed by atoms with Crippen molar-refractivity contribution in [1.82, 2.24) is 0 Å². The normalized spacial score (nSPS) is 19.5. The molecule has 2 aromatic carbocycles. The van der Waals surface area contributed by atoms with E-state index in [9.17, 15) is 23.1 Å². The van der Waals surface area contributed by atoms with Crippen LogP contribution in [0.4, 0.5) is 13.2 Å². The standard InChI is InChI=1S/C21H18Cl2F3NO4/c1-3-30-19(29)18(28)16-5-4-12(6-11(16)2)17-10-20(31-27-17,21(24,25)26)13-7-14(22)9-15(23)8-13/h4-9,18,28H,3,10H2,1-2H3. The zero-order valence-corrected chi connectivity index (χ0v) is 18.0. The second-order valence-electron chi connectivity index (χ2n) is 7.01. The second-order valence-corrected chi connectivity index (χ2v) is 7.89. The Bertz CT molecular complexity index is 1020. The van der Waals surface area contributed by atoms with E-state index in [1.165, 1.54) is 24.3 Å². The molecular formula is C21H18Cl2F3NO4. The van der Waals surface area contributed by atoms with E-state index in [0.29, 0.717) is 11.1 Å². The zero-order chi connectivity index (χ0) is 23.0. The molecule has 0 fully saturated rings. The number of carbonyl (C=O) groups excluding carboxylic acids is 1. The predicted octanol–water partition coefficient (Wildman–Crippen LogP) is 5.48. The Morgan fingerprint density at radius 2 is 1.90 bits per heavy atom. The van der Waals surface area contributed by atoms with Gasteiger partial charge in [-0.25, -0.2) is 4.79 Å². The van der Waals surface area contributed by atoms with Gasteiger partial charge < -0.3 is 14.7 Å². The number of rotatable bonds is 5. The molecule has 2 unspecified atom stereocenters. The number of ether oxygens (including phenoxy) is 1. The number of esters is 1. The summed E-state index contributed by atoms with van der Waals surface area (Å²) in [5, 5.41) is 13.9. The van der Waals surface area contributed by atoms with Crippen molar-refractivity contribution >= 4 is 34.9 Å². The van der Waals surface area contributed by atoms with Gasteiger partial charge in [0.2, 0.25) is 0 Å². The molecule has 0 bridgehead atoms. The summed E-state index contributed by atoms with van der Waals surface area (Å²) in [5.41, 5.74) is -1.83. The number of alkyl halides is 3. The van der Waals surface area contributed by atoms with Crippen LogP contribution in [0.2, 0.25) is 10.0 Å². The molecule has 0 radical (unpaired) electrons. The number of oxime groups is 1. The highest BCUT2D eigenvalue weighted by Gasteiger charge is 2.62. The van der Waals surface area contributed by atoms with Crippen LogP contribution in [0, 0.1) is 6.92 Å². The molecule has 0 aromatic heterocycles. The second kappa shape index (κ2) is 8.68. The lowest BCUT2D eigenvalue weighted by molar-refractivity contribution is -0.275. The highest BCUT2D eigenvalue weighted by atomic mass is 35.5. The van der Waals surface area contributed by atoms with Crippen molar-refractivity contribution in [2.45, 2.75) is 38.1 Å². The average molecular weight is 476 g/mol. The first-order chi connectivity index (χ1) is 14.5. The summed E-state index contributed by atoms with van der Waals surface area (Å²) >= 11 is 11.8. The van der Waals surface area contributed by atoms with Gasteiger partial charge in [0.15, 0.2) is 6.10 Å². The number of benzene rings is 2. The van der Waals surface area contributed by atoms with Crippen LogP contribution < -0.4 is 0 Å². The smallest absolute Gasteiger partial charge is 0.435 e. The molecular weight excluding hydrogens is 458 g/mol. The molecule has 3 rings (SSSR count). The third-order valence-electron chi connectivity index (χ3n) is 4.92. The minimum Gasteiger partial charge on any atom is -0.464 e. The maximum atomic E-state index is 14.1. The molecule has 0 saturated carbocycles. The molecule has 0 saturated heterocycles. The van der Waals surface area contributed by atoms with E-state index < -0.39 is 30.3 Å². The van der Waals surface area contributed by atoms with Crippen molar-refractivity contribution in [2.24, 2.45) is 5.16 Å². The Balaban J connectivity index is 1.94. The van der Waals surface area contributed by atoms with E-state index in [0.717, 1.165) is 12.1 Å². The molecule has 166 valence electrons. The first-order valence-corrected chi connectivity index (χ1v) is 9.98. The molecule has 0 amide bonds. The summed E-state index contributed by atoms with van der Waals surface area (Å²) in [5.74, 6) is -0.811. The monoisotopic (exact) mass is 475 g/mol. The van der Waals surface area contributed by atoms with Gasteiger partial charge in [-0.3, -0.25) is 0 Å². The number of aryl methyl sites for hydroxylation is 1. The van der Waals surface area contributed by atoms with E-state index >= 15 is 0 Å². The number of hydrogen-bond donors (Lipinski definition) is 1. The van der Waals surface area contributed by atoms with Crippen LogP contribution in [0.15, 0.2) is 41.6 Å². The number of aliphatic hydroxyl groups is 1. The molecule has 0 aliphatic carbocycles. The first-order valence-electron chi connectivity index (χ1n) is 9.22. The molecule has 1 N–H and O–H groups in total. The fraction of sp³-hybridized carbons (Fsp3) is 0.333. The lowest BCUT2D eigenvalue weighted by Crippen LogP contribution is -2.42. The van der Waals surface area contributed by atoms with Crippen molar-refractivity contribution in [3.05, 3.63) is 68.7 Å². The SMILES string of the molecule is CCOC(=O)C(O)c1ccc(C2=NOC(c3cc(Cl)cc(Cl)c3)(C(F)(F)F)C2)cc1C. The van der Waals surface area contributed by atoms with Crippen LogP contribution in [-0.2, 0) is 20.0 Å². The molecule has 2 aromatic rings. The Labute approximate surface area is 186 Å². The maximum absolute atomic E-state index is 14.1. The van der Waals surface area contributed by atoms with Gasteiger partial charge in [-0.15, -0.1) is 0 Å². The summed E-state index contributed by atoms with van der Waals surface area (Å²) in [6.45, 7) is 3.33. The molecule has 10 heteroatoms. The number of aliphatic hydroxyl groups excluding tert-OH is 1. The zero-order valence-electron chi connectivity index (χ0n) is 16.5. The molecule has 2 atom stereocenters. The van der Waals surface area contributed by atoms with E-state index in [-0.39, 0.29) is 33.5 Å². The predicted molar refractivity (Wildman–Crippen MR) is 109 cm³/mol. The minimum absolute atomic E-state index is 0.0383. The fourth-order valence-electron chi connectivity index (χ4n) is 3.36. The third-order valence-corrected chi connectivity index (χ3v) is 5.36. The maximum Gasteiger partial charge on any atom is 0.435 e. The van der Waals surface area contributed by atoms with Crippen LogP contribution >= 0.6 is 23.2 Å². The first kappa shape index (κ1) is 23.4. The molecule has 1 heterocycles. The fourth-order valence-corrected chi connectivity index (χ4v) is 3.88. The van der Waals surface area contributed by atoms with Crippen molar-refractivity contribution in [3.8, 4) is 0 Å². The van der Waals surface area contributed by atoms with Crippen molar-refractivity contribution in [2.75, 3.05) is 6.61 Å². The van der Waals surface area contributed by atoms with Crippen LogP contribution in [0.1, 0.15) is 41.7 Å². The van der Waals surface area contributed by atoms with E-state index in [2.05, 4.69) is 5.16 Å². The van der Waals surface area contributed by atoms with Gasteiger partial charge in [0.05, 0.1) is 12.3 Å². The van der Waals surface area contributed by atoms with Crippen molar-refractivity contribution < 1.29 is 32.6 Å². The van der Waals surface area contributed by atoms with Gasteiger partial charge in [0, 0.05) is 22.0 Å². The summed E-state index contributed by atoms with van der Waals surface area (Å²) < 4.78 is 47.1. The number of nitrogens with zero attached hydrogens (tertiary/aromatic N) is 1. The molecule has 5 nitrogen and oxygen atoms in total. The Morgan fingerprint density at radius 3 is 2.45 bits per heavy atom. The highest BCUT2D eigenvalue weighted by molar-refractivity contribution is 6.34. The summed E-state index contributed by atoms with van der Waals surface area (Å²) in [6.07, 6.45) is -6.91. The highest BCUT2D eigenvalue weighted by Crippen LogP contribution is 2.49. The Morgan fingerprint density at radius 1 is 1.26 bits per heavy atom. The average Bonchev–Trinajstić information content (AvgIpc) is 3.14. The Hall–Kier alpha value is -2.29. The summed E-state index contributed by atoms with van der Waals surface area (Å²) in [6, 6.07) is 8.04. The van der Waals surface area contributed by atoms with Gasteiger partial charge in [-0.1, -0.05) is 40.5 Å². The quantitative estimate of drug-likeness (QED) is 0.581. The van der Waals surface area contributed by atoms with Gasteiger partial charge >= 0.3 is 12.1 Å². The lowest BCUT2D eigenvalue weighted by Gasteiger charge is -2.29. The van der Waals surface area contributed by atoms with Gasteiger partial charge in [0.25, 0.3) is 5.60 Å². The van der Waals surface area contributed by atoms with Crippen LogP contribution in [0.5, 0.6) is 0 Å². The topological polar surface area (TPSA) is 68.1 Å². The molecule has 31 heavy (non-hydrogen) atoms. The number of halogens is 5. The van der Waals surface area contributed by atoms with Crippen LogP contribution in [0.25, 0.3) is 0 Å². The number of hydrogen-bond acceptors (Lipinski definition) is 5. The molecule has 1 aliphatic heterocycles. The van der Waals surface area contributed by atoms with Gasteiger partial charge in [-0.2, -0.15) is 13.2 Å². The Kier molecular flexibility index (Phi) is 6.55. The molecule has 0 spiro atoms. The van der Waals surface area contributed by atoms with E-state index in [1.54, 1.807) is 13.8 Å². The van der Waals surface area contributed by atoms with Gasteiger partial charge in [0.1, 0.15) is 0 Å². The van der Waals surface area contributed by atoms with Crippen molar-refractivity contribution in [1.29, 1.82) is 0 Å². The van der Waals surface area contributed by atoms with Crippen molar-refractivity contribution in [3.63, 3.8) is 0 Å². The van der Waals surface area contributed by atoms with Gasteiger partial charge in [-0.05, 0) is 54.8 Å². The van der Waals surface area contributed by atoms with Crippen LogP contribution in [-0.4, -0.2) is 29.6 Å². The number of carbonyl (C=O) groups is 1. The largest absolute Gasteiger partial charge is 0.464 e. The minimum atomic E-state index is -4.80. The lowest BCUT2D eigenvalue weighted by atomic mass is 9.86. The third kappa shape index (κ3) is 4.51. The van der Waals surface area contributed by atoms with E-state index in [1.807, 2.05) is 0 Å². The summed E-state index contributed by atoms with van der Waals surface area (Å²) in [4.78, 5) is 16.8. The van der Waals surface area contributed by atoms with Crippen LogP contribution in [0.3, 0.4) is 0 Å². The summed E-state index contributed by atoms with van der Waals surface area (Å²) in [7, 11) is 0.